The number of amides is 2. The SMILES string of the molecule is COc1cnc(-n2ncnc2C)c2[nH]cc(C(=O)C(=O)N3CCN(C(=O)c4ccccc4)CC3)c12. The van der Waals surface area contributed by atoms with E-state index in [2.05, 4.69) is 20.1 Å². The Labute approximate surface area is 200 Å². The second-order valence-electron chi connectivity index (χ2n) is 8.10. The lowest BCUT2D eigenvalue weighted by Gasteiger charge is -2.34. The number of aromatic amines is 1. The van der Waals surface area contributed by atoms with Crippen LogP contribution in [0.25, 0.3) is 16.7 Å². The number of H-pyrrole nitrogens is 1. The first-order valence-corrected chi connectivity index (χ1v) is 11.1. The van der Waals surface area contributed by atoms with E-state index in [0.29, 0.717) is 46.9 Å². The number of methoxy groups -OCH3 is 1. The van der Waals surface area contributed by atoms with Crippen molar-refractivity contribution >= 4 is 28.5 Å². The molecule has 0 saturated carbocycles. The van der Waals surface area contributed by atoms with Gasteiger partial charge in [0.15, 0.2) is 5.82 Å². The van der Waals surface area contributed by atoms with E-state index in [4.69, 9.17) is 4.74 Å². The number of Topliss-reactive ketones (excluding diaryl/α,β-unsaturated/α-hetero) is 1. The van der Waals surface area contributed by atoms with Gasteiger partial charge in [0.2, 0.25) is 0 Å². The molecule has 3 aromatic heterocycles. The number of pyridine rings is 1. The summed E-state index contributed by atoms with van der Waals surface area (Å²) in [6.07, 6.45) is 4.38. The molecule has 178 valence electrons. The average Bonchev–Trinajstić information content (AvgIpc) is 3.54. The molecule has 1 saturated heterocycles. The Morgan fingerprint density at radius 2 is 1.71 bits per heavy atom. The Morgan fingerprint density at radius 3 is 2.37 bits per heavy atom. The van der Waals surface area contributed by atoms with Gasteiger partial charge in [0.25, 0.3) is 17.6 Å². The molecule has 0 bridgehead atoms. The summed E-state index contributed by atoms with van der Waals surface area (Å²) in [5.41, 5.74) is 1.29. The van der Waals surface area contributed by atoms with Crippen molar-refractivity contribution in [3.8, 4) is 11.6 Å². The third kappa shape index (κ3) is 3.90. The van der Waals surface area contributed by atoms with E-state index in [1.54, 1.807) is 24.0 Å². The predicted molar refractivity (Wildman–Crippen MR) is 126 cm³/mol. The van der Waals surface area contributed by atoms with Crippen LogP contribution in [-0.4, -0.2) is 85.4 Å². The van der Waals surface area contributed by atoms with Crippen LogP contribution in [0.15, 0.2) is 49.1 Å². The van der Waals surface area contributed by atoms with Crippen LogP contribution >= 0.6 is 0 Å². The van der Waals surface area contributed by atoms with Crippen molar-refractivity contribution in [2.45, 2.75) is 6.92 Å². The topological polar surface area (TPSA) is 126 Å². The molecule has 1 aliphatic rings. The number of fused-ring (bicyclic) bond motifs is 1. The van der Waals surface area contributed by atoms with Crippen LogP contribution in [0.3, 0.4) is 0 Å². The number of ketones is 1. The minimum absolute atomic E-state index is 0.0891. The summed E-state index contributed by atoms with van der Waals surface area (Å²) in [5, 5.41) is 4.64. The Morgan fingerprint density at radius 1 is 1.00 bits per heavy atom. The number of hydrogen-bond donors (Lipinski definition) is 1. The van der Waals surface area contributed by atoms with Crippen molar-refractivity contribution in [1.29, 1.82) is 0 Å². The number of hydrogen-bond acceptors (Lipinski definition) is 7. The fourth-order valence-corrected chi connectivity index (χ4v) is 4.24. The van der Waals surface area contributed by atoms with E-state index in [1.807, 2.05) is 18.2 Å². The zero-order valence-electron chi connectivity index (χ0n) is 19.3. The summed E-state index contributed by atoms with van der Waals surface area (Å²) in [7, 11) is 1.48. The number of nitrogens with one attached hydrogen (secondary N) is 1. The number of rotatable bonds is 5. The molecule has 35 heavy (non-hydrogen) atoms. The summed E-state index contributed by atoms with van der Waals surface area (Å²) in [5.74, 6) is 0.0340. The van der Waals surface area contributed by atoms with Crippen LogP contribution in [-0.2, 0) is 4.79 Å². The molecule has 0 atom stereocenters. The lowest BCUT2D eigenvalue weighted by molar-refractivity contribution is -0.127. The number of carbonyl (C=O) groups excluding carboxylic acids is 3. The van der Waals surface area contributed by atoms with Crippen LogP contribution in [0.4, 0.5) is 0 Å². The summed E-state index contributed by atoms with van der Waals surface area (Å²) >= 11 is 0. The van der Waals surface area contributed by atoms with Crippen molar-refractivity contribution in [1.82, 2.24) is 34.5 Å². The first-order valence-electron chi connectivity index (χ1n) is 11.1. The average molecular weight is 473 g/mol. The van der Waals surface area contributed by atoms with Crippen molar-refractivity contribution < 1.29 is 19.1 Å². The number of aryl methyl sites for hydroxylation is 1. The Balaban J connectivity index is 1.37. The molecule has 2 amide bonds. The van der Waals surface area contributed by atoms with Crippen LogP contribution in [0.5, 0.6) is 5.75 Å². The highest BCUT2D eigenvalue weighted by atomic mass is 16.5. The molecule has 0 spiro atoms. The smallest absolute Gasteiger partial charge is 0.295 e. The number of piperazine rings is 1. The van der Waals surface area contributed by atoms with Gasteiger partial charge in [0.05, 0.1) is 29.8 Å². The van der Waals surface area contributed by atoms with Crippen molar-refractivity contribution in [2.24, 2.45) is 0 Å². The van der Waals surface area contributed by atoms with E-state index in [0.717, 1.165) is 0 Å². The van der Waals surface area contributed by atoms with Crippen molar-refractivity contribution in [3.05, 3.63) is 66.0 Å². The van der Waals surface area contributed by atoms with E-state index in [1.165, 1.54) is 35.4 Å². The molecule has 1 aliphatic heterocycles. The van der Waals surface area contributed by atoms with Gasteiger partial charge in [-0.15, -0.1) is 0 Å². The molecular weight excluding hydrogens is 450 g/mol. The molecule has 4 aromatic rings. The number of carbonyl (C=O) groups is 3. The molecule has 5 rings (SSSR count). The maximum Gasteiger partial charge on any atom is 0.295 e. The highest BCUT2D eigenvalue weighted by Crippen LogP contribution is 2.32. The van der Waals surface area contributed by atoms with Gasteiger partial charge in [-0.3, -0.25) is 14.4 Å². The van der Waals surface area contributed by atoms with Crippen LogP contribution in [0.2, 0.25) is 0 Å². The molecule has 0 unspecified atom stereocenters. The van der Waals surface area contributed by atoms with Gasteiger partial charge in [0.1, 0.15) is 17.9 Å². The molecule has 0 aliphatic carbocycles. The van der Waals surface area contributed by atoms with E-state index in [9.17, 15) is 14.4 Å². The van der Waals surface area contributed by atoms with Gasteiger partial charge in [0, 0.05) is 37.9 Å². The van der Waals surface area contributed by atoms with Gasteiger partial charge in [-0.05, 0) is 19.1 Å². The van der Waals surface area contributed by atoms with Gasteiger partial charge >= 0.3 is 0 Å². The summed E-state index contributed by atoms with van der Waals surface area (Å²) in [6, 6.07) is 9.00. The molecule has 1 fully saturated rings. The molecule has 1 N–H and O–H groups in total. The minimum Gasteiger partial charge on any atom is -0.494 e. The second kappa shape index (κ2) is 9.01. The summed E-state index contributed by atoms with van der Waals surface area (Å²) in [4.78, 5) is 53.8. The lowest BCUT2D eigenvalue weighted by Crippen LogP contribution is -2.52. The van der Waals surface area contributed by atoms with Crippen LogP contribution in [0, 0.1) is 6.92 Å². The van der Waals surface area contributed by atoms with E-state index >= 15 is 0 Å². The van der Waals surface area contributed by atoms with Gasteiger partial charge in [-0.1, -0.05) is 18.2 Å². The number of ether oxygens (including phenoxy) is 1. The zero-order chi connectivity index (χ0) is 24.5. The molecular formula is C24H23N7O4. The molecule has 1 aromatic carbocycles. The quantitative estimate of drug-likeness (QED) is 0.345. The third-order valence-corrected chi connectivity index (χ3v) is 6.11. The lowest BCUT2D eigenvalue weighted by atomic mass is 10.1. The number of benzene rings is 1. The minimum atomic E-state index is -0.662. The normalized spacial score (nSPS) is 13.8. The van der Waals surface area contributed by atoms with Gasteiger partial charge < -0.3 is 19.5 Å². The molecule has 0 radical (unpaired) electrons. The molecule has 4 heterocycles. The molecule has 11 nitrogen and oxygen atoms in total. The third-order valence-electron chi connectivity index (χ3n) is 6.11. The number of nitrogens with zero attached hydrogens (tertiary/aromatic N) is 6. The fourth-order valence-electron chi connectivity index (χ4n) is 4.24. The zero-order valence-corrected chi connectivity index (χ0v) is 19.3. The maximum absolute atomic E-state index is 13.3. The van der Waals surface area contributed by atoms with E-state index in [-0.39, 0.29) is 24.6 Å². The molecule has 11 heteroatoms. The van der Waals surface area contributed by atoms with Crippen LogP contribution < -0.4 is 4.74 Å². The van der Waals surface area contributed by atoms with Gasteiger partial charge in [-0.25, -0.2) is 9.97 Å². The first-order chi connectivity index (χ1) is 17.0. The van der Waals surface area contributed by atoms with Crippen molar-refractivity contribution in [3.63, 3.8) is 0 Å². The fraction of sp³-hybridized carbons (Fsp3) is 0.250. The van der Waals surface area contributed by atoms with Gasteiger partial charge in [-0.2, -0.15) is 9.78 Å². The van der Waals surface area contributed by atoms with Crippen LogP contribution in [0.1, 0.15) is 26.5 Å². The first kappa shape index (κ1) is 22.3. The Kier molecular flexibility index (Phi) is 5.73. The predicted octanol–water partition coefficient (Wildman–Crippen LogP) is 1.63. The largest absolute Gasteiger partial charge is 0.494 e. The highest BCUT2D eigenvalue weighted by molar-refractivity contribution is 6.45. The summed E-state index contributed by atoms with van der Waals surface area (Å²) in [6.45, 7) is 3.03. The number of aromatic nitrogens is 5. The van der Waals surface area contributed by atoms with E-state index < -0.39 is 11.7 Å². The summed E-state index contributed by atoms with van der Waals surface area (Å²) < 4.78 is 6.98. The Bertz CT molecular complexity index is 1420. The standard InChI is InChI=1S/C24H23N7O4/c1-15-27-14-28-31(15)22-20-19(18(35-2)13-26-22)17(12-25-20)21(32)24(34)30-10-8-29(9-11-30)23(33)16-6-4-3-5-7-16/h3-7,12-14,25H,8-11H2,1-2H3. The Hall–Kier alpha value is -4.54. The monoisotopic (exact) mass is 473 g/mol. The maximum atomic E-state index is 13.3. The highest BCUT2D eigenvalue weighted by Gasteiger charge is 2.31. The second-order valence-corrected chi connectivity index (χ2v) is 8.10. The van der Waals surface area contributed by atoms with Crippen molar-refractivity contribution in [2.75, 3.05) is 33.3 Å².